The molecule has 0 radical (unpaired) electrons. The molecule has 1 unspecified atom stereocenters. The van der Waals surface area contributed by atoms with Crippen LogP contribution in [0.1, 0.15) is 45.6 Å². The Morgan fingerprint density at radius 1 is 1.19 bits per heavy atom. The third-order valence-electron chi connectivity index (χ3n) is 5.75. The summed E-state index contributed by atoms with van der Waals surface area (Å²) in [6.07, 6.45) is 3.02. The Morgan fingerprint density at radius 2 is 1.90 bits per heavy atom. The largest absolute Gasteiger partial charge is 0.357 e. The topological polar surface area (TPSA) is 72.0 Å². The summed E-state index contributed by atoms with van der Waals surface area (Å²) in [7, 11) is 2.15. The number of amides is 1. The molecule has 3 N–H and O–H groups in total. The van der Waals surface area contributed by atoms with Crippen LogP contribution >= 0.6 is 0 Å². The first-order chi connectivity index (χ1) is 15.0. The average molecular weight is 431 g/mol. The number of carbonyl (C=O) groups is 1. The van der Waals surface area contributed by atoms with Crippen molar-refractivity contribution in [3.8, 4) is 0 Å². The molecule has 1 atom stereocenters. The van der Waals surface area contributed by atoms with E-state index in [-0.39, 0.29) is 5.91 Å². The lowest BCUT2D eigenvalue weighted by Gasteiger charge is -2.32. The Balaban J connectivity index is 1.77. The molecule has 0 aromatic heterocycles. The van der Waals surface area contributed by atoms with Crippen LogP contribution in [0.5, 0.6) is 0 Å². The number of guanidine groups is 1. The van der Waals surface area contributed by atoms with Gasteiger partial charge in [-0.2, -0.15) is 0 Å². The summed E-state index contributed by atoms with van der Waals surface area (Å²) >= 11 is 0. The summed E-state index contributed by atoms with van der Waals surface area (Å²) < 4.78 is 0. The zero-order valence-electron chi connectivity index (χ0n) is 19.9. The molecule has 1 aliphatic heterocycles. The standard InChI is InChI=1S/C24H42N6O/c1-5-14-26-23(31)19-30-15-12-22(13-16-30)28-24(25-6-2)27-17-20(3)29(4)18-21-10-8-7-9-11-21/h7-11,20,22H,5-6,12-19H2,1-4H3,(H,26,31)(H2,25,27,28). The van der Waals surface area contributed by atoms with Gasteiger partial charge in [0.05, 0.1) is 13.1 Å². The van der Waals surface area contributed by atoms with Gasteiger partial charge in [0, 0.05) is 44.8 Å². The highest BCUT2D eigenvalue weighted by Gasteiger charge is 2.21. The van der Waals surface area contributed by atoms with Crippen molar-refractivity contribution in [2.24, 2.45) is 4.99 Å². The molecule has 1 aromatic carbocycles. The number of likely N-dealkylation sites (N-methyl/N-ethyl adjacent to an activating group) is 1. The smallest absolute Gasteiger partial charge is 0.234 e. The van der Waals surface area contributed by atoms with Crippen LogP contribution in [0.3, 0.4) is 0 Å². The van der Waals surface area contributed by atoms with Crippen molar-refractivity contribution in [3.63, 3.8) is 0 Å². The average Bonchev–Trinajstić information content (AvgIpc) is 2.78. The monoisotopic (exact) mass is 430 g/mol. The quantitative estimate of drug-likeness (QED) is 0.370. The van der Waals surface area contributed by atoms with E-state index in [9.17, 15) is 4.79 Å². The molecule has 31 heavy (non-hydrogen) atoms. The Bertz CT molecular complexity index is 657. The zero-order chi connectivity index (χ0) is 22.5. The Kier molecular flexibility index (Phi) is 11.4. The number of likely N-dealkylation sites (tertiary alicyclic amines) is 1. The number of nitrogens with zero attached hydrogens (tertiary/aromatic N) is 3. The number of piperidine rings is 1. The van der Waals surface area contributed by atoms with E-state index in [0.29, 0.717) is 18.6 Å². The predicted octanol–water partition coefficient (Wildman–Crippen LogP) is 2.05. The molecule has 1 heterocycles. The third kappa shape index (κ3) is 9.70. The maximum Gasteiger partial charge on any atom is 0.234 e. The summed E-state index contributed by atoms with van der Waals surface area (Å²) in [6, 6.07) is 11.3. The molecule has 1 aromatic rings. The second-order valence-electron chi connectivity index (χ2n) is 8.51. The molecule has 0 bridgehead atoms. The lowest BCUT2D eigenvalue weighted by Crippen LogP contribution is -2.50. The number of rotatable bonds is 11. The van der Waals surface area contributed by atoms with Gasteiger partial charge in [0.2, 0.25) is 5.91 Å². The second-order valence-corrected chi connectivity index (χ2v) is 8.51. The first kappa shape index (κ1) is 25.1. The van der Waals surface area contributed by atoms with Crippen LogP contribution in [0, 0.1) is 0 Å². The lowest BCUT2D eigenvalue weighted by molar-refractivity contribution is -0.122. The van der Waals surface area contributed by atoms with E-state index in [1.165, 1.54) is 5.56 Å². The van der Waals surface area contributed by atoms with Crippen LogP contribution < -0.4 is 16.0 Å². The van der Waals surface area contributed by atoms with Crippen molar-refractivity contribution in [2.75, 3.05) is 46.3 Å². The minimum atomic E-state index is 0.136. The fourth-order valence-corrected chi connectivity index (χ4v) is 3.66. The van der Waals surface area contributed by atoms with Crippen LogP contribution in [-0.2, 0) is 11.3 Å². The molecule has 0 aliphatic carbocycles. The number of hydrogen-bond donors (Lipinski definition) is 3. The van der Waals surface area contributed by atoms with Gasteiger partial charge in [-0.05, 0) is 45.7 Å². The normalized spacial score (nSPS) is 16.9. The SMILES string of the molecule is CCCNC(=O)CN1CCC(NC(=NCC(C)N(C)Cc2ccccc2)NCC)CC1. The molecule has 1 aliphatic rings. The lowest BCUT2D eigenvalue weighted by atomic mass is 10.1. The Hall–Kier alpha value is -2.12. The van der Waals surface area contributed by atoms with Crippen LogP contribution in [-0.4, -0.2) is 80.1 Å². The predicted molar refractivity (Wildman–Crippen MR) is 129 cm³/mol. The van der Waals surface area contributed by atoms with E-state index in [0.717, 1.165) is 64.5 Å². The van der Waals surface area contributed by atoms with Gasteiger partial charge < -0.3 is 16.0 Å². The molecule has 0 saturated carbocycles. The van der Waals surface area contributed by atoms with Crippen LogP contribution in [0.15, 0.2) is 35.3 Å². The van der Waals surface area contributed by atoms with E-state index >= 15 is 0 Å². The number of hydrogen-bond acceptors (Lipinski definition) is 4. The molecule has 174 valence electrons. The first-order valence-electron chi connectivity index (χ1n) is 11.8. The van der Waals surface area contributed by atoms with Crippen LogP contribution in [0.2, 0.25) is 0 Å². The molecule has 7 heteroatoms. The highest BCUT2D eigenvalue weighted by Crippen LogP contribution is 2.10. The summed E-state index contributed by atoms with van der Waals surface area (Å²) in [5.74, 6) is 1.03. The van der Waals surface area contributed by atoms with E-state index in [1.54, 1.807) is 0 Å². The van der Waals surface area contributed by atoms with Gasteiger partial charge in [-0.1, -0.05) is 37.3 Å². The van der Waals surface area contributed by atoms with Gasteiger partial charge in [-0.3, -0.25) is 19.6 Å². The maximum atomic E-state index is 11.9. The number of aliphatic imine (C=N–C) groups is 1. The maximum absolute atomic E-state index is 11.9. The third-order valence-corrected chi connectivity index (χ3v) is 5.75. The Labute approximate surface area is 188 Å². The van der Waals surface area contributed by atoms with Crippen molar-refractivity contribution in [2.45, 2.75) is 58.7 Å². The Morgan fingerprint density at radius 3 is 2.55 bits per heavy atom. The molecule has 0 spiro atoms. The van der Waals surface area contributed by atoms with Gasteiger partial charge in [-0.15, -0.1) is 0 Å². The fraction of sp³-hybridized carbons (Fsp3) is 0.667. The second kappa shape index (κ2) is 14.0. The van der Waals surface area contributed by atoms with Crippen molar-refractivity contribution in [1.82, 2.24) is 25.8 Å². The summed E-state index contributed by atoms with van der Waals surface area (Å²) in [5, 5.41) is 9.95. The summed E-state index contributed by atoms with van der Waals surface area (Å²) in [6.45, 7) is 12.0. The number of nitrogens with one attached hydrogen (secondary N) is 3. The van der Waals surface area contributed by atoms with Gasteiger partial charge >= 0.3 is 0 Å². The zero-order valence-corrected chi connectivity index (χ0v) is 19.9. The van der Waals surface area contributed by atoms with Gasteiger partial charge in [0.1, 0.15) is 0 Å². The molecule has 7 nitrogen and oxygen atoms in total. The first-order valence-corrected chi connectivity index (χ1v) is 11.8. The van der Waals surface area contributed by atoms with Crippen LogP contribution in [0.4, 0.5) is 0 Å². The van der Waals surface area contributed by atoms with E-state index in [1.807, 2.05) is 0 Å². The minimum Gasteiger partial charge on any atom is -0.357 e. The van der Waals surface area contributed by atoms with E-state index < -0.39 is 0 Å². The van der Waals surface area contributed by atoms with Crippen molar-refractivity contribution in [3.05, 3.63) is 35.9 Å². The van der Waals surface area contributed by atoms with Crippen molar-refractivity contribution in [1.29, 1.82) is 0 Å². The van der Waals surface area contributed by atoms with Crippen molar-refractivity contribution >= 4 is 11.9 Å². The van der Waals surface area contributed by atoms with Crippen molar-refractivity contribution < 1.29 is 4.79 Å². The van der Waals surface area contributed by atoms with E-state index in [2.05, 4.69) is 83.9 Å². The van der Waals surface area contributed by atoms with Gasteiger partial charge in [0.25, 0.3) is 0 Å². The number of carbonyl (C=O) groups excluding carboxylic acids is 1. The molecule has 1 fully saturated rings. The van der Waals surface area contributed by atoms with Crippen LogP contribution in [0.25, 0.3) is 0 Å². The highest BCUT2D eigenvalue weighted by atomic mass is 16.2. The molecular weight excluding hydrogens is 388 g/mol. The highest BCUT2D eigenvalue weighted by molar-refractivity contribution is 5.80. The minimum absolute atomic E-state index is 0.136. The molecular formula is C24H42N6O. The molecule has 1 saturated heterocycles. The molecule has 1 amide bonds. The summed E-state index contributed by atoms with van der Waals surface area (Å²) in [5.41, 5.74) is 1.32. The molecule has 2 rings (SSSR count). The fourth-order valence-electron chi connectivity index (χ4n) is 3.66. The summed E-state index contributed by atoms with van der Waals surface area (Å²) in [4.78, 5) is 21.4. The number of benzene rings is 1. The van der Waals surface area contributed by atoms with Gasteiger partial charge in [0.15, 0.2) is 5.96 Å². The van der Waals surface area contributed by atoms with Gasteiger partial charge in [-0.25, -0.2) is 0 Å². The van der Waals surface area contributed by atoms with E-state index in [4.69, 9.17) is 4.99 Å².